The number of benzene rings is 2. The van der Waals surface area contributed by atoms with Crippen LogP contribution >= 0.6 is 11.3 Å². The number of halogens is 1. The van der Waals surface area contributed by atoms with Crippen molar-refractivity contribution in [2.75, 3.05) is 15.9 Å². The molecule has 3 aromatic rings. The molecule has 0 aliphatic rings. The largest absolute Gasteiger partial charge is 0.299 e. The highest BCUT2D eigenvalue weighted by Gasteiger charge is 2.32. The molecule has 1 N–H and O–H groups in total. The van der Waals surface area contributed by atoms with Gasteiger partial charge in [-0.05, 0) is 37.6 Å². The summed E-state index contributed by atoms with van der Waals surface area (Å²) in [5.74, 6) is -1.04. The first kappa shape index (κ1) is 21.8. The fourth-order valence-corrected chi connectivity index (χ4v) is 4.89. The number of rotatable bonds is 7. The van der Waals surface area contributed by atoms with Gasteiger partial charge in [0, 0.05) is 5.56 Å². The number of carbonyl (C=O) groups excluding carboxylic acids is 1. The zero-order valence-corrected chi connectivity index (χ0v) is 18.3. The average molecular weight is 449 g/mol. The summed E-state index contributed by atoms with van der Waals surface area (Å²) in [4.78, 5) is 12.9. The van der Waals surface area contributed by atoms with Gasteiger partial charge in [0.25, 0.3) is 0 Å². The molecule has 0 bridgehead atoms. The third-order valence-electron chi connectivity index (χ3n) is 4.36. The Balaban J connectivity index is 1.84. The van der Waals surface area contributed by atoms with Gasteiger partial charge in [0.1, 0.15) is 16.9 Å². The summed E-state index contributed by atoms with van der Waals surface area (Å²) in [6.07, 6.45) is 1.21. The number of anilines is 2. The maximum atomic E-state index is 13.3. The fourth-order valence-electron chi connectivity index (χ4n) is 2.92. The van der Waals surface area contributed by atoms with Crippen molar-refractivity contribution in [3.63, 3.8) is 0 Å². The van der Waals surface area contributed by atoms with E-state index < -0.39 is 27.8 Å². The summed E-state index contributed by atoms with van der Waals surface area (Å²) in [6, 6.07) is 11.7. The molecule has 7 nitrogen and oxygen atoms in total. The molecule has 2 aromatic carbocycles. The predicted molar refractivity (Wildman–Crippen MR) is 117 cm³/mol. The zero-order chi connectivity index (χ0) is 21.9. The van der Waals surface area contributed by atoms with E-state index in [2.05, 4.69) is 15.5 Å². The molecule has 10 heteroatoms. The smallest absolute Gasteiger partial charge is 0.250 e. The molecule has 1 amide bonds. The minimum absolute atomic E-state index is 0.207. The van der Waals surface area contributed by atoms with Gasteiger partial charge < -0.3 is 0 Å². The summed E-state index contributed by atoms with van der Waals surface area (Å²) in [5.41, 5.74) is 2.19. The number of aryl methyl sites for hydroxylation is 1. The Morgan fingerprint density at radius 3 is 2.33 bits per heavy atom. The Labute approximate surface area is 178 Å². The van der Waals surface area contributed by atoms with Crippen LogP contribution in [0.25, 0.3) is 10.6 Å². The fraction of sp³-hybridized carbons (Fsp3) is 0.250. The third-order valence-corrected chi connectivity index (χ3v) is 6.43. The van der Waals surface area contributed by atoms with Crippen LogP contribution in [0.1, 0.15) is 18.9 Å². The lowest BCUT2D eigenvalue weighted by atomic mass is 10.2. The highest BCUT2D eigenvalue weighted by atomic mass is 32.2. The number of hydrogen-bond acceptors (Lipinski definition) is 6. The van der Waals surface area contributed by atoms with Crippen LogP contribution in [0.2, 0.25) is 0 Å². The van der Waals surface area contributed by atoms with Crippen LogP contribution in [0.4, 0.5) is 15.2 Å². The second kappa shape index (κ2) is 8.88. The normalized spacial score (nSPS) is 12.4. The molecule has 0 saturated heterocycles. The molecule has 0 radical (unpaired) electrons. The number of nitrogens with zero attached hydrogens (tertiary/aromatic N) is 3. The topological polar surface area (TPSA) is 92.3 Å². The van der Waals surface area contributed by atoms with E-state index in [0.717, 1.165) is 33.8 Å². The van der Waals surface area contributed by atoms with Crippen LogP contribution < -0.4 is 9.62 Å². The molecule has 0 spiro atoms. The van der Waals surface area contributed by atoms with E-state index in [0.29, 0.717) is 5.01 Å². The first-order chi connectivity index (χ1) is 14.2. The van der Waals surface area contributed by atoms with E-state index >= 15 is 0 Å². The van der Waals surface area contributed by atoms with Crippen molar-refractivity contribution < 1.29 is 17.6 Å². The number of aromatic nitrogens is 2. The van der Waals surface area contributed by atoms with E-state index in [4.69, 9.17) is 0 Å². The van der Waals surface area contributed by atoms with Gasteiger partial charge in [0.2, 0.25) is 21.1 Å². The van der Waals surface area contributed by atoms with Crippen molar-refractivity contribution >= 4 is 38.1 Å². The second-order valence-electron chi connectivity index (χ2n) is 6.73. The molecule has 0 fully saturated rings. The first-order valence-corrected chi connectivity index (χ1v) is 11.8. The predicted octanol–water partition coefficient (Wildman–Crippen LogP) is 3.84. The van der Waals surface area contributed by atoms with Gasteiger partial charge in [0.15, 0.2) is 0 Å². The van der Waals surface area contributed by atoms with E-state index in [1.54, 1.807) is 6.92 Å². The summed E-state index contributed by atoms with van der Waals surface area (Å²) in [7, 11) is -3.80. The molecule has 3 rings (SSSR count). The van der Waals surface area contributed by atoms with Crippen LogP contribution in [-0.2, 0) is 14.8 Å². The van der Waals surface area contributed by atoms with Gasteiger partial charge in [0.05, 0.1) is 11.9 Å². The van der Waals surface area contributed by atoms with Crippen molar-refractivity contribution in [3.8, 4) is 10.6 Å². The van der Waals surface area contributed by atoms with Crippen LogP contribution in [0, 0.1) is 12.7 Å². The summed E-state index contributed by atoms with van der Waals surface area (Å²) < 4.78 is 39.1. The molecule has 1 aromatic heterocycles. The lowest BCUT2D eigenvalue weighted by Crippen LogP contribution is -2.47. The van der Waals surface area contributed by atoms with Gasteiger partial charge in [-0.1, -0.05) is 48.1 Å². The number of sulfonamides is 1. The van der Waals surface area contributed by atoms with Crippen LogP contribution in [-0.4, -0.2) is 36.8 Å². The number of hydrogen-bond donors (Lipinski definition) is 1. The van der Waals surface area contributed by atoms with E-state index in [-0.39, 0.29) is 17.2 Å². The highest BCUT2D eigenvalue weighted by molar-refractivity contribution is 7.92. The van der Waals surface area contributed by atoms with Gasteiger partial charge in [-0.25, -0.2) is 12.8 Å². The number of nitrogens with one attached hydrogen (secondary N) is 1. The molecule has 0 aliphatic carbocycles. The molecule has 1 heterocycles. The van der Waals surface area contributed by atoms with Crippen molar-refractivity contribution in [3.05, 3.63) is 59.9 Å². The monoisotopic (exact) mass is 448 g/mol. The SMILES string of the molecule is CCC(C(=O)Nc1nnc(-c2ccc(C)cc2)s1)N(c1ccc(F)cc1)S(C)(=O)=O. The van der Waals surface area contributed by atoms with Gasteiger partial charge in [-0.3, -0.25) is 14.4 Å². The Bertz CT molecular complexity index is 1130. The summed E-state index contributed by atoms with van der Waals surface area (Å²) in [6.45, 7) is 3.68. The zero-order valence-electron chi connectivity index (χ0n) is 16.7. The molecular formula is C20H21FN4O3S2. The summed E-state index contributed by atoms with van der Waals surface area (Å²) >= 11 is 1.19. The van der Waals surface area contributed by atoms with Gasteiger partial charge >= 0.3 is 0 Å². The molecule has 1 atom stereocenters. The van der Waals surface area contributed by atoms with Gasteiger partial charge in [-0.2, -0.15) is 0 Å². The summed E-state index contributed by atoms with van der Waals surface area (Å²) in [5, 5.41) is 11.6. The average Bonchev–Trinajstić information content (AvgIpc) is 3.15. The first-order valence-electron chi connectivity index (χ1n) is 9.15. The van der Waals surface area contributed by atoms with Crippen molar-refractivity contribution in [2.24, 2.45) is 0 Å². The molecule has 1 unspecified atom stereocenters. The maximum absolute atomic E-state index is 13.3. The standard InChI is InChI=1S/C20H21FN4O3S2/c1-4-17(25(30(3,27)28)16-11-9-15(21)10-12-16)18(26)22-20-24-23-19(29-20)14-7-5-13(2)6-8-14/h5-12,17H,4H2,1-3H3,(H,22,24,26). The Morgan fingerprint density at radius 1 is 1.13 bits per heavy atom. The lowest BCUT2D eigenvalue weighted by Gasteiger charge is -2.29. The molecule has 158 valence electrons. The van der Waals surface area contributed by atoms with Crippen molar-refractivity contribution in [1.29, 1.82) is 0 Å². The Morgan fingerprint density at radius 2 is 1.77 bits per heavy atom. The van der Waals surface area contributed by atoms with Crippen LogP contribution in [0.15, 0.2) is 48.5 Å². The minimum Gasteiger partial charge on any atom is -0.299 e. The van der Waals surface area contributed by atoms with Crippen molar-refractivity contribution in [1.82, 2.24) is 10.2 Å². The lowest BCUT2D eigenvalue weighted by molar-refractivity contribution is -0.117. The number of amides is 1. The second-order valence-corrected chi connectivity index (χ2v) is 9.56. The molecule has 30 heavy (non-hydrogen) atoms. The third kappa shape index (κ3) is 5.00. The quantitative estimate of drug-likeness (QED) is 0.593. The highest BCUT2D eigenvalue weighted by Crippen LogP contribution is 2.28. The van der Waals surface area contributed by atoms with Crippen LogP contribution in [0.3, 0.4) is 0 Å². The van der Waals surface area contributed by atoms with Crippen molar-refractivity contribution in [2.45, 2.75) is 26.3 Å². The van der Waals surface area contributed by atoms with E-state index in [1.807, 2.05) is 31.2 Å². The Kier molecular flexibility index (Phi) is 6.47. The minimum atomic E-state index is -3.80. The van der Waals surface area contributed by atoms with Crippen LogP contribution in [0.5, 0.6) is 0 Å². The molecule has 0 aliphatic heterocycles. The maximum Gasteiger partial charge on any atom is 0.250 e. The van der Waals surface area contributed by atoms with E-state index in [1.165, 1.54) is 23.5 Å². The van der Waals surface area contributed by atoms with E-state index in [9.17, 15) is 17.6 Å². The Hall–Kier alpha value is -2.85. The molecule has 0 saturated carbocycles. The number of carbonyl (C=O) groups is 1. The van der Waals surface area contributed by atoms with Gasteiger partial charge in [-0.15, -0.1) is 10.2 Å². The molecular weight excluding hydrogens is 427 g/mol.